The van der Waals surface area contributed by atoms with Gasteiger partial charge in [0.15, 0.2) is 5.82 Å². The molecule has 0 aliphatic carbocycles. The predicted molar refractivity (Wildman–Crippen MR) is 49.0 cm³/mol. The fraction of sp³-hybridized carbons (Fsp3) is 0.111. The molecule has 2 aromatic rings. The van der Waals surface area contributed by atoms with Crippen LogP contribution in [0.4, 0.5) is 5.82 Å². The number of rotatable bonds is 1. The highest BCUT2D eigenvalue weighted by Crippen LogP contribution is 2.13. The van der Waals surface area contributed by atoms with Crippen LogP contribution in [-0.2, 0) is 0 Å². The Kier molecular flexibility index (Phi) is 1.63. The van der Waals surface area contributed by atoms with Crippen LogP contribution in [0.25, 0.3) is 5.65 Å². The van der Waals surface area contributed by atoms with Gasteiger partial charge in [-0.1, -0.05) is 6.07 Å². The van der Waals surface area contributed by atoms with Crippen LogP contribution in [-0.4, -0.2) is 15.6 Å². The molecule has 0 atom stereocenters. The third-order valence-corrected chi connectivity index (χ3v) is 1.66. The molecule has 0 aromatic carbocycles. The molecule has 0 N–H and O–H groups in total. The lowest BCUT2D eigenvalue weighted by molar-refractivity contribution is 1.17. The standard InChI is InChI=1S/C9H9N3/c1-2-10-9-7-11-8-5-3-4-6-12(8)9/h2-7H,1H3/b10-2-. The van der Waals surface area contributed by atoms with Gasteiger partial charge in [0, 0.05) is 12.4 Å². The zero-order valence-electron chi connectivity index (χ0n) is 6.81. The van der Waals surface area contributed by atoms with E-state index in [2.05, 4.69) is 9.98 Å². The van der Waals surface area contributed by atoms with Crippen LogP contribution < -0.4 is 0 Å². The molecule has 2 rings (SSSR count). The topological polar surface area (TPSA) is 29.7 Å². The molecule has 3 heteroatoms. The molecule has 60 valence electrons. The minimum absolute atomic E-state index is 0.869. The van der Waals surface area contributed by atoms with Gasteiger partial charge in [0.05, 0.1) is 6.20 Å². The van der Waals surface area contributed by atoms with Crippen molar-refractivity contribution in [1.82, 2.24) is 9.38 Å². The summed E-state index contributed by atoms with van der Waals surface area (Å²) in [6, 6.07) is 5.87. The number of fused-ring (bicyclic) bond motifs is 1. The number of nitrogens with zero attached hydrogens (tertiary/aromatic N) is 3. The average Bonchev–Trinajstić information content (AvgIpc) is 2.50. The second-order valence-electron chi connectivity index (χ2n) is 2.43. The van der Waals surface area contributed by atoms with Gasteiger partial charge < -0.3 is 0 Å². The van der Waals surface area contributed by atoms with Crippen molar-refractivity contribution in [3.05, 3.63) is 30.6 Å². The second kappa shape index (κ2) is 2.77. The summed E-state index contributed by atoms with van der Waals surface area (Å²) < 4.78 is 1.94. The highest BCUT2D eigenvalue weighted by molar-refractivity contribution is 5.60. The fourth-order valence-corrected chi connectivity index (χ4v) is 1.15. The Morgan fingerprint density at radius 3 is 3.25 bits per heavy atom. The third kappa shape index (κ3) is 0.993. The smallest absolute Gasteiger partial charge is 0.156 e. The summed E-state index contributed by atoms with van der Waals surface area (Å²) in [7, 11) is 0. The average molecular weight is 159 g/mol. The van der Waals surface area contributed by atoms with Crippen LogP contribution in [0.5, 0.6) is 0 Å². The minimum atomic E-state index is 0.869. The van der Waals surface area contributed by atoms with Gasteiger partial charge in [-0.05, 0) is 19.1 Å². The largest absolute Gasteiger partial charge is 0.285 e. The Labute approximate surface area is 70.4 Å². The van der Waals surface area contributed by atoms with Gasteiger partial charge in [-0.25, -0.2) is 9.98 Å². The van der Waals surface area contributed by atoms with E-state index in [1.807, 2.05) is 35.7 Å². The van der Waals surface area contributed by atoms with Crippen LogP contribution in [0.15, 0.2) is 35.6 Å². The van der Waals surface area contributed by atoms with Gasteiger partial charge in [0.25, 0.3) is 0 Å². The van der Waals surface area contributed by atoms with Gasteiger partial charge in [-0.2, -0.15) is 0 Å². The Morgan fingerprint density at radius 1 is 1.50 bits per heavy atom. The van der Waals surface area contributed by atoms with E-state index in [0.29, 0.717) is 0 Å². The summed E-state index contributed by atoms with van der Waals surface area (Å²) in [5.41, 5.74) is 0.929. The van der Waals surface area contributed by atoms with E-state index >= 15 is 0 Å². The van der Waals surface area contributed by atoms with Crippen molar-refractivity contribution in [3.8, 4) is 0 Å². The zero-order valence-corrected chi connectivity index (χ0v) is 6.81. The molecule has 2 aromatic heterocycles. The molecule has 0 spiro atoms. The summed E-state index contributed by atoms with van der Waals surface area (Å²) in [6.07, 6.45) is 5.47. The van der Waals surface area contributed by atoms with Crippen molar-refractivity contribution in [3.63, 3.8) is 0 Å². The van der Waals surface area contributed by atoms with E-state index in [1.165, 1.54) is 0 Å². The molecule has 0 saturated heterocycles. The highest BCUT2D eigenvalue weighted by Gasteiger charge is 1.97. The summed E-state index contributed by atoms with van der Waals surface area (Å²) in [6.45, 7) is 1.89. The summed E-state index contributed by atoms with van der Waals surface area (Å²) in [5, 5.41) is 0. The molecule has 3 nitrogen and oxygen atoms in total. The Bertz CT molecular complexity index is 414. The molecule has 2 heterocycles. The van der Waals surface area contributed by atoms with Crippen LogP contribution in [0.2, 0.25) is 0 Å². The molecule has 0 amide bonds. The number of imidazole rings is 1. The van der Waals surface area contributed by atoms with Crippen molar-refractivity contribution in [2.75, 3.05) is 0 Å². The predicted octanol–water partition coefficient (Wildman–Crippen LogP) is 2.06. The van der Waals surface area contributed by atoms with Crippen LogP contribution in [0, 0.1) is 0 Å². The fourth-order valence-electron chi connectivity index (χ4n) is 1.15. The van der Waals surface area contributed by atoms with Crippen LogP contribution in [0.1, 0.15) is 6.92 Å². The molecule has 0 unspecified atom stereocenters. The van der Waals surface area contributed by atoms with Gasteiger partial charge in [-0.3, -0.25) is 4.40 Å². The highest BCUT2D eigenvalue weighted by atomic mass is 15.1. The van der Waals surface area contributed by atoms with Crippen LogP contribution in [0.3, 0.4) is 0 Å². The van der Waals surface area contributed by atoms with Gasteiger partial charge in [0.2, 0.25) is 0 Å². The number of aliphatic imine (C=N–C) groups is 1. The first-order chi connectivity index (χ1) is 5.92. The molecule has 0 aliphatic heterocycles. The monoisotopic (exact) mass is 159 g/mol. The second-order valence-corrected chi connectivity index (χ2v) is 2.43. The number of hydrogen-bond donors (Lipinski definition) is 0. The molecule has 12 heavy (non-hydrogen) atoms. The molecule has 0 aliphatic rings. The van der Waals surface area contributed by atoms with E-state index in [9.17, 15) is 0 Å². The van der Waals surface area contributed by atoms with Gasteiger partial charge in [-0.15, -0.1) is 0 Å². The quantitative estimate of drug-likeness (QED) is 0.585. The van der Waals surface area contributed by atoms with Crippen molar-refractivity contribution in [1.29, 1.82) is 0 Å². The van der Waals surface area contributed by atoms with Crippen LogP contribution >= 0.6 is 0 Å². The molecule has 0 bridgehead atoms. The Morgan fingerprint density at radius 2 is 2.42 bits per heavy atom. The lowest BCUT2D eigenvalue weighted by atomic mass is 10.5. The lowest BCUT2D eigenvalue weighted by Gasteiger charge is -1.92. The number of hydrogen-bond acceptors (Lipinski definition) is 2. The Hall–Kier alpha value is -1.64. The first-order valence-electron chi connectivity index (χ1n) is 3.82. The number of aromatic nitrogens is 2. The summed E-state index contributed by atoms with van der Waals surface area (Å²) >= 11 is 0. The Balaban J connectivity index is 2.70. The van der Waals surface area contributed by atoms with Crippen molar-refractivity contribution >= 4 is 17.7 Å². The summed E-state index contributed by atoms with van der Waals surface area (Å²) in [5.74, 6) is 0.869. The zero-order chi connectivity index (χ0) is 8.39. The maximum Gasteiger partial charge on any atom is 0.156 e. The van der Waals surface area contributed by atoms with E-state index < -0.39 is 0 Å². The van der Waals surface area contributed by atoms with Crippen molar-refractivity contribution in [2.24, 2.45) is 4.99 Å². The molecule has 0 saturated carbocycles. The molecular weight excluding hydrogens is 150 g/mol. The number of pyridine rings is 1. The van der Waals surface area contributed by atoms with E-state index in [-0.39, 0.29) is 0 Å². The minimum Gasteiger partial charge on any atom is -0.285 e. The molecule has 0 radical (unpaired) electrons. The van der Waals surface area contributed by atoms with E-state index in [1.54, 1.807) is 12.4 Å². The first-order valence-corrected chi connectivity index (χ1v) is 3.82. The maximum atomic E-state index is 4.19. The molecule has 0 fully saturated rings. The van der Waals surface area contributed by atoms with Crippen molar-refractivity contribution < 1.29 is 0 Å². The third-order valence-electron chi connectivity index (χ3n) is 1.66. The van der Waals surface area contributed by atoms with E-state index in [4.69, 9.17) is 0 Å². The normalized spacial score (nSPS) is 11.4. The van der Waals surface area contributed by atoms with Gasteiger partial charge in [0.1, 0.15) is 5.65 Å². The summed E-state index contributed by atoms with van der Waals surface area (Å²) in [4.78, 5) is 8.36. The van der Waals surface area contributed by atoms with Gasteiger partial charge >= 0.3 is 0 Å². The maximum absolute atomic E-state index is 4.19. The molecular formula is C9H9N3. The SMILES string of the molecule is C/C=N\c1cnc2ccccn12. The van der Waals surface area contributed by atoms with E-state index in [0.717, 1.165) is 11.5 Å². The van der Waals surface area contributed by atoms with Crippen molar-refractivity contribution in [2.45, 2.75) is 6.92 Å². The lowest BCUT2D eigenvalue weighted by Crippen LogP contribution is -1.80. The first kappa shape index (κ1) is 7.03.